The van der Waals surface area contributed by atoms with E-state index in [1.165, 1.54) is 12.0 Å². The SMILES string of the molecule is C[C@@H]1CC[C@H]2[C@@H](CN3CCN(C/C=C/c4ccccc4)CC3)C(=O)O[C@]23[C@H]1CC[C@@]1(C)O[C@@H]31. The van der Waals surface area contributed by atoms with Crippen LogP contribution in [0.15, 0.2) is 36.4 Å². The zero-order chi connectivity index (χ0) is 22.6. The van der Waals surface area contributed by atoms with E-state index in [0.717, 1.165) is 58.5 Å². The lowest BCUT2D eigenvalue weighted by atomic mass is 9.55. The minimum atomic E-state index is -0.351. The van der Waals surface area contributed by atoms with Crippen LogP contribution in [0.3, 0.4) is 0 Å². The molecule has 6 rings (SSSR count). The smallest absolute Gasteiger partial charge is 0.311 e. The van der Waals surface area contributed by atoms with Gasteiger partial charge in [-0.15, -0.1) is 0 Å². The van der Waals surface area contributed by atoms with Gasteiger partial charge in [-0.1, -0.05) is 49.4 Å². The summed E-state index contributed by atoms with van der Waals surface area (Å²) in [7, 11) is 0. The number of rotatable bonds is 5. The molecule has 1 spiro atoms. The molecule has 2 aliphatic carbocycles. The van der Waals surface area contributed by atoms with Crippen LogP contribution in [-0.4, -0.2) is 72.3 Å². The fourth-order valence-corrected chi connectivity index (χ4v) is 7.60. The van der Waals surface area contributed by atoms with E-state index < -0.39 is 0 Å². The number of hydrogen-bond acceptors (Lipinski definition) is 5. The molecule has 7 atom stereocenters. The molecule has 0 bridgehead atoms. The van der Waals surface area contributed by atoms with Crippen molar-refractivity contribution in [1.29, 1.82) is 0 Å². The summed E-state index contributed by atoms with van der Waals surface area (Å²) in [6.07, 6.45) is 9.17. The van der Waals surface area contributed by atoms with Gasteiger partial charge in [-0.25, -0.2) is 0 Å². The van der Waals surface area contributed by atoms with Gasteiger partial charge in [0.25, 0.3) is 0 Å². The first kappa shape index (κ1) is 21.8. The number of nitrogens with zero attached hydrogens (tertiary/aromatic N) is 2. The van der Waals surface area contributed by atoms with Crippen molar-refractivity contribution < 1.29 is 14.3 Å². The number of esters is 1. The summed E-state index contributed by atoms with van der Waals surface area (Å²) in [6, 6.07) is 10.5. The summed E-state index contributed by atoms with van der Waals surface area (Å²) in [5, 5.41) is 0. The number of carbonyl (C=O) groups excluding carboxylic acids is 1. The van der Waals surface area contributed by atoms with E-state index in [9.17, 15) is 4.79 Å². The second kappa shape index (κ2) is 8.21. The normalized spacial score (nSPS) is 43.1. The Hall–Kier alpha value is -1.69. The van der Waals surface area contributed by atoms with Gasteiger partial charge in [-0.2, -0.15) is 0 Å². The Balaban J connectivity index is 1.08. The molecule has 0 radical (unpaired) electrons. The standard InChI is InChI=1S/C28H38N2O3/c1-20-10-11-24-22(25(31)32-28(24)23(20)12-13-27(2)26(28)33-27)19-30-17-15-29(16-18-30)14-6-9-21-7-4-3-5-8-21/h3-9,20,22-24,26H,10-19H2,1-2H3/b9-6+/t20-,22-,23+,24+,26-,27-,28-/m1/s1. The number of fused-ring (bicyclic) bond motifs is 1. The first-order valence-corrected chi connectivity index (χ1v) is 13.1. The van der Waals surface area contributed by atoms with Crippen LogP contribution in [0, 0.1) is 23.7 Å². The van der Waals surface area contributed by atoms with Crippen molar-refractivity contribution >= 4 is 12.0 Å². The number of hydrogen-bond donors (Lipinski definition) is 0. The van der Waals surface area contributed by atoms with Crippen LogP contribution >= 0.6 is 0 Å². The van der Waals surface area contributed by atoms with Gasteiger partial charge in [0.05, 0.1) is 11.5 Å². The van der Waals surface area contributed by atoms with Gasteiger partial charge in [-0.05, 0) is 44.1 Å². The van der Waals surface area contributed by atoms with Crippen molar-refractivity contribution in [2.45, 2.75) is 56.8 Å². The van der Waals surface area contributed by atoms with E-state index in [2.05, 4.69) is 66.1 Å². The fraction of sp³-hybridized carbons (Fsp3) is 0.679. The Morgan fingerprint density at radius 3 is 2.58 bits per heavy atom. The summed E-state index contributed by atoms with van der Waals surface area (Å²) in [5.74, 6) is 1.47. The van der Waals surface area contributed by atoms with E-state index in [0.29, 0.717) is 17.8 Å². The van der Waals surface area contributed by atoms with E-state index in [1.54, 1.807) is 0 Å². The lowest BCUT2D eigenvalue weighted by molar-refractivity contribution is -0.168. The molecule has 1 aromatic carbocycles. The van der Waals surface area contributed by atoms with Gasteiger partial charge >= 0.3 is 5.97 Å². The minimum absolute atomic E-state index is 0.0103. The van der Waals surface area contributed by atoms with Gasteiger partial charge in [0.1, 0.15) is 11.7 Å². The van der Waals surface area contributed by atoms with Crippen LogP contribution in [-0.2, 0) is 14.3 Å². The highest BCUT2D eigenvalue weighted by Gasteiger charge is 2.77. The third-order valence-electron chi connectivity index (χ3n) is 9.48. The molecule has 3 saturated heterocycles. The first-order chi connectivity index (χ1) is 16.0. The molecule has 3 aliphatic heterocycles. The predicted molar refractivity (Wildman–Crippen MR) is 129 cm³/mol. The third-order valence-corrected chi connectivity index (χ3v) is 9.48. The molecule has 5 aliphatic rings. The lowest BCUT2D eigenvalue weighted by Gasteiger charge is -2.50. The molecule has 0 amide bonds. The van der Waals surface area contributed by atoms with E-state index >= 15 is 0 Å². The summed E-state index contributed by atoms with van der Waals surface area (Å²) in [4.78, 5) is 18.3. The molecule has 1 aromatic rings. The van der Waals surface area contributed by atoms with E-state index in [-0.39, 0.29) is 29.2 Å². The highest BCUT2D eigenvalue weighted by Crippen LogP contribution is 2.66. The van der Waals surface area contributed by atoms with Gasteiger partial charge in [0, 0.05) is 51.1 Å². The molecular weight excluding hydrogens is 412 g/mol. The second-order valence-corrected chi connectivity index (χ2v) is 11.4. The van der Waals surface area contributed by atoms with Crippen molar-refractivity contribution in [1.82, 2.24) is 9.80 Å². The third kappa shape index (κ3) is 3.67. The Kier molecular flexibility index (Phi) is 5.43. The summed E-state index contributed by atoms with van der Waals surface area (Å²) in [6.45, 7) is 10.6. The first-order valence-electron chi connectivity index (χ1n) is 13.1. The zero-order valence-corrected chi connectivity index (χ0v) is 20.1. The average molecular weight is 451 g/mol. The quantitative estimate of drug-likeness (QED) is 0.504. The maximum Gasteiger partial charge on any atom is 0.311 e. The molecule has 2 saturated carbocycles. The highest BCUT2D eigenvalue weighted by atomic mass is 16.7. The molecular formula is C28H38N2O3. The number of benzene rings is 1. The van der Waals surface area contributed by atoms with Crippen LogP contribution in [0.4, 0.5) is 0 Å². The Bertz CT molecular complexity index is 911. The van der Waals surface area contributed by atoms with Crippen molar-refractivity contribution in [3.05, 3.63) is 42.0 Å². The lowest BCUT2D eigenvalue weighted by Crippen LogP contribution is -2.58. The maximum atomic E-state index is 13.3. The number of epoxide rings is 1. The van der Waals surface area contributed by atoms with E-state index in [1.807, 2.05) is 0 Å². The summed E-state index contributed by atoms with van der Waals surface area (Å²) >= 11 is 0. The topological polar surface area (TPSA) is 45.3 Å². The summed E-state index contributed by atoms with van der Waals surface area (Å²) < 4.78 is 12.7. The van der Waals surface area contributed by atoms with Crippen LogP contribution in [0.1, 0.15) is 45.1 Å². The molecule has 3 heterocycles. The largest absolute Gasteiger partial charge is 0.455 e. The highest BCUT2D eigenvalue weighted by molar-refractivity contribution is 5.77. The van der Waals surface area contributed by atoms with Gasteiger partial charge < -0.3 is 9.47 Å². The van der Waals surface area contributed by atoms with Crippen molar-refractivity contribution in [3.8, 4) is 0 Å². The van der Waals surface area contributed by atoms with Crippen molar-refractivity contribution in [2.75, 3.05) is 39.3 Å². The minimum Gasteiger partial charge on any atom is -0.455 e. The monoisotopic (exact) mass is 450 g/mol. The van der Waals surface area contributed by atoms with Crippen LogP contribution < -0.4 is 0 Å². The van der Waals surface area contributed by atoms with Gasteiger partial charge in [0.2, 0.25) is 0 Å². The maximum absolute atomic E-state index is 13.3. The number of ether oxygens (including phenoxy) is 2. The molecule has 0 N–H and O–H groups in total. The molecule has 5 fully saturated rings. The van der Waals surface area contributed by atoms with Crippen LogP contribution in [0.5, 0.6) is 0 Å². The Morgan fingerprint density at radius 1 is 1.03 bits per heavy atom. The van der Waals surface area contributed by atoms with Gasteiger partial charge in [0.15, 0.2) is 0 Å². The summed E-state index contributed by atoms with van der Waals surface area (Å²) in [5.41, 5.74) is 0.847. The second-order valence-electron chi connectivity index (χ2n) is 11.4. The number of carbonyl (C=O) groups is 1. The molecule has 0 aromatic heterocycles. The molecule has 33 heavy (non-hydrogen) atoms. The van der Waals surface area contributed by atoms with Crippen molar-refractivity contribution in [3.63, 3.8) is 0 Å². The van der Waals surface area contributed by atoms with Crippen LogP contribution in [0.2, 0.25) is 0 Å². The molecule has 5 heteroatoms. The van der Waals surface area contributed by atoms with Crippen LogP contribution in [0.25, 0.3) is 6.08 Å². The van der Waals surface area contributed by atoms with Crippen molar-refractivity contribution in [2.24, 2.45) is 23.7 Å². The molecule has 178 valence electrons. The molecule has 5 nitrogen and oxygen atoms in total. The number of piperazine rings is 1. The molecule has 0 unspecified atom stereocenters. The predicted octanol–water partition coefficient (Wildman–Crippen LogP) is 3.84. The zero-order valence-electron chi connectivity index (χ0n) is 20.1. The van der Waals surface area contributed by atoms with Gasteiger partial charge in [-0.3, -0.25) is 14.6 Å². The van der Waals surface area contributed by atoms with E-state index in [4.69, 9.17) is 9.47 Å². The average Bonchev–Trinajstić information content (AvgIpc) is 3.45. The Labute approximate surface area is 198 Å². The Morgan fingerprint density at radius 2 is 1.79 bits per heavy atom. The fourth-order valence-electron chi connectivity index (χ4n) is 7.60.